The van der Waals surface area contributed by atoms with E-state index in [4.69, 9.17) is 11.6 Å². The predicted octanol–water partition coefficient (Wildman–Crippen LogP) is 5.34. The summed E-state index contributed by atoms with van der Waals surface area (Å²) in [6, 6.07) is 2.18. The van der Waals surface area contributed by atoms with Gasteiger partial charge in [0, 0.05) is 9.70 Å². The SMILES string of the molecule is CCCCC(Br)c1cc(C)c(Cl)s1. The van der Waals surface area contributed by atoms with E-state index in [1.807, 2.05) is 0 Å². The second kappa shape index (κ2) is 5.38. The molecule has 3 heteroatoms. The Morgan fingerprint density at radius 2 is 2.31 bits per heavy atom. The van der Waals surface area contributed by atoms with Crippen LogP contribution in [0.5, 0.6) is 0 Å². The molecule has 0 fully saturated rings. The van der Waals surface area contributed by atoms with Gasteiger partial charge in [-0.05, 0) is 25.0 Å². The van der Waals surface area contributed by atoms with E-state index in [0.29, 0.717) is 4.83 Å². The van der Waals surface area contributed by atoms with E-state index < -0.39 is 0 Å². The zero-order valence-electron chi connectivity index (χ0n) is 7.94. The fourth-order valence-electron chi connectivity index (χ4n) is 1.16. The Hall–Kier alpha value is 0.470. The van der Waals surface area contributed by atoms with Crippen LogP contribution in [0.25, 0.3) is 0 Å². The summed E-state index contributed by atoms with van der Waals surface area (Å²) in [7, 11) is 0. The highest BCUT2D eigenvalue weighted by molar-refractivity contribution is 9.09. The van der Waals surface area contributed by atoms with Gasteiger partial charge in [0.25, 0.3) is 0 Å². The number of halogens is 2. The van der Waals surface area contributed by atoms with Crippen LogP contribution >= 0.6 is 38.9 Å². The van der Waals surface area contributed by atoms with Crippen LogP contribution in [0.15, 0.2) is 6.07 Å². The molecule has 74 valence electrons. The molecule has 0 aliphatic heterocycles. The van der Waals surface area contributed by atoms with Gasteiger partial charge >= 0.3 is 0 Å². The average molecular weight is 282 g/mol. The molecule has 1 aromatic heterocycles. The molecule has 13 heavy (non-hydrogen) atoms. The first kappa shape index (κ1) is 11.5. The van der Waals surface area contributed by atoms with Crippen LogP contribution < -0.4 is 0 Å². The molecular formula is C10H14BrClS. The first-order valence-electron chi connectivity index (χ1n) is 4.55. The van der Waals surface area contributed by atoms with Gasteiger partial charge < -0.3 is 0 Å². The molecule has 0 aliphatic carbocycles. The van der Waals surface area contributed by atoms with Crippen LogP contribution in [-0.2, 0) is 0 Å². The van der Waals surface area contributed by atoms with Crippen molar-refractivity contribution in [2.24, 2.45) is 0 Å². The molecule has 0 nitrogen and oxygen atoms in total. The molecular weight excluding hydrogens is 268 g/mol. The van der Waals surface area contributed by atoms with E-state index in [-0.39, 0.29) is 0 Å². The third-order valence-corrected chi connectivity index (χ3v) is 4.92. The van der Waals surface area contributed by atoms with Gasteiger partial charge in [0.05, 0.1) is 4.34 Å². The van der Waals surface area contributed by atoms with Crippen molar-refractivity contribution < 1.29 is 0 Å². The van der Waals surface area contributed by atoms with Crippen molar-refractivity contribution in [1.82, 2.24) is 0 Å². The van der Waals surface area contributed by atoms with Crippen LogP contribution in [0.4, 0.5) is 0 Å². The van der Waals surface area contributed by atoms with E-state index in [2.05, 4.69) is 35.8 Å². The van der Waals surface area contributed by atoms with Crippen molar-refractivity contribution in [2.45, 2.75) is 37.9 Å². The molecule has 1 atom stereocenters. The highest BCUT2D eigenvalue weighted by Gasteiger charge is 2.11. The average Bonchev–Trinajstić information content (AvgIpc) is 2.43. The highest BCUT2D eigenvalue weighted by atomic mass is 79.9. The lowest BCUT2D eigenvalue weighted by Gasteiger charge is -2.04. The van der Waals surface area contributed by atoms with Crippen molar-refractivity contribution in [3.63, 3.8) is 0 Å². The zero-order chi connectivity index (χ0) is 9.84. The number of rotatable bonds is 4. The summed E-state index contributed by atoms with van der Waals surface area (Å²) in [5.41, 5.74) is 1.20. The van der Waals surface area contributed by atoms with Gasteiger partial charge in [-0.3, -0.25) is 0 Å². The van der Waals surface area contributed by atoms with Crippen LogP contribution in [0, 0.1) is 6.92 Å². The summed E-state index contributed by atoms with van der Waals surface area (Å²) in [5, 5.41) is 0. The standard InChI is InChI=1S/C10H14BrClS/c1-3-4-5-8(11)9-6-7(2)10(12)13-9/h6,8H,3-5H2,1-2H3. The number of thiophene rings is 1. The Morgan fingerprint density at radius 1 is 1.62 bits per heavy atom. The van der Waals surface area contributed by atoms with Gasteiger partial charge in [-0.25, -0.2) is 0 Å². The summed E-state index contributed by atoms with van der Waals surface area (Å²) >= 11 is 11.4. The number of hydrogen-bond donors (Lipinski definition) is 0. The quantitative estimate of drug-likeness (QED) is 0.654. The minimum Gasteiger partial charge on any atom is -0.127 e. The first-order chi connectivity index (χ1) is 6.15. The maximum absolute atomic E-state index is 6.01. The van der Waals surface area contributed by atoms with E-state index in [1.165, 1.54) is 29.7 Å². The molecule has 0 spiro atoms. The van der Waals surface area contributed by atoms with Crippen molar-refractivity contribution in [3.8, 4) is 0 Å². The molecule has 0 aromatic carbocycles. The second-order valence-corrected chi connectivity index (χ2v) is 6.01. The van der Waals surface area contributed by atoms with Crippen molar-refractivity contribution >= 4 is 38.9 Å². The van der Waals surface area contributed by atoms with Crippen LogP contribution in [0.1, 0.15) is 41.5 Å². The van der Waals surface area contributed by atoms with Gasteiger partial charge in [-0.2, -0.15) is 0 Å². The fraction of sp³-hybridized carbons (Fsp3) is 0.600. The summed E-state index contributed by atoms with van der Waals surface area (Å²) in [6.07, 6.45) is 3.72. The Kier molecular flexibility index (Phi) is 4.77. The zero-order valence-corrected chi connectivity index (χ0v) is 11.1. The van der Waals surface area contributed by atoms with Crippen molar-refractivity contribution in [3.05, 3.63) is 20.8 Å². The number of hydrogen-bond acceptors (Lipinski definition) is 1. The molecule has 0 N–H and O–H groups in total. The molecule has 0 aliphatic rings. The molecule has 1 aromatic rings. The Labute approximate surface area is 97.4 Å². The van der Waals surface area contributed by atoms with Gasteiger partial charge in [0.1, 0.15) is 0 Å². The maximum atomic E-state index is 6.01. The van der Waals surface area contributed by atoms with E-state index >= 15 is 0 Å². The Bertz CT molecular complexity index is 250. The van der Waals surface area contributed by atoms with E-state index in [0.717, 1.165) is 4.34 Å². The first-order valence-corrected chi connectivity index (χ1v) is 6.66. The number of alkyl halides is 1. The lowest BCUT2D eigenvalue weighted by molar-refractivity contribution is 0.718. The molecule has 0 bridgehead atoms. The van der Waals surface area contributed by atoms with Gasteiger partial charge in [-0.1, -0.05) is 47.3 Å². The maximum Gasteiger partial charge on any atom is 0.0960 e. The van der Waals surface area contributed by atoms with Crippen molar-refractivity contribution in [2.75, 3.05) is 0 Å². The topological polar surface area (TPSA) is 0 Å². The normalized spacial score (nSPS) is 13.2. The lowest BCUT2D eigenvalue weighted by Crippen LogP contribution is -1.84. The summed E-state index contributed by atoms with van der Waals surface area (Å²) in [4.78, 5) is 1.85. The summed E-state index contributed by atoms with van der Waals surface area (Å²) in [5.74, 6) is 0. The molecule has 1 heterocycles. The lowest BCUT2D eigenvalue weighted by atomic mass is 10.2. The molecule has 1 rings (SSSR count). The molecule has 0 amide bonds. The third-order valence-electron chi connectivity index (χ3n) is 2.00. The minimum atomic E-state index is 0.489. The van der Waals surface area contributed by atoms with Crippen LogP contribution in [0.3, 0.4) is 0 Å². The molecule has 0 radical (unpaired) electrons. The van der Waals surface area contributed by atoms with Crippen molar-refractivity contribution in [1.29, 1.82) is 0 Å². The number of unbranched alkanes of at least 4 members (excludes halogenated alkanes) is 1. The monoisotopic (exact) mass is 280 g/mol. The van der Waals surface area contributed by atoms with Gasteiger partial charge in [0.15, 0.2) is 0 Å². The smallest absolute Gasteiger partial charge is 0.0960 e. The number of aryl methyl sites for hydroxylation is 1. The molecule has 0 saturated heterocycles. The van der Waals surface area contributed by atoms with Crippen LogP contribution in [0.2, 0.25) is 4.34 Å². The van der Waals surface area contributed by atoms with E-state index in [1.54, 1.807) is 11.3 Å². The van der Waals surface area contributed by atoms with E-state index in [9.17, 15) is 0 Å². The largest absolute Gasteiger partial charge is 0.127 e. The second-order valence-electron chi connectivity index (χ2n) is 3.22. The van der Waals surface area contributed by atoms with Crippen LogP contribution in [-0.4, -0.2) is 0 Å². The third kappa shape index (κ3) is 3.26. The van der Waals surface area contributed by atoms with Gasteiger partial charge in [0.2, 0.25) is 0 Å². The molecule has 0 saturated carbocycles. The summed E-state index contributed by atoms with van der Waals surface area (Å²) < 4.78 is 0.927. The predicted molar refractivity (Wildman–Crippen MR) is 65.3 cm³/mol. The Morgan fingerprint density at radius 3 is 2.77 bits per heavy atom. The minimum absolute atomic E-state index is 0.489. The Balaban J connectivity index is 2.60. The highest BCUT2D eigenvalue weighted by Crippen LogP contribution is 2.37. The molecule has 1 unspecified atom stereocenters. The van der Waals surface area contributed by atoms with Gasteiger partial charge in [-0.15, -0.1) is 11.3 Å². The fourth-order valence-corrected chi connectivity index (χ4v) is 3.13. The summed E-state index contributed by atoms with van der Waals surface area (Å²) in [6.45, 7) is 4.27.